The van der Waals surface area contributed by atoms with E-state index in [9.17, 15) is 4.79 Å². The minimum Gasteiger partial charge on any atom is -0.341 e. The molecule has 2 heterocycles. The van der Waals surface area contributed by atoms with Gasteiger partial charge in [0.1, 0.15) is 5.25 Å². The van der Waals surface area contributed by atoms with Gasteiger partial charge in [-0.25, -0.2) is 0 Å². The zero-order chi connectivity index (χ0) is 20.2. The van der Waals surface area contributed by atoms with Crippen LogP contribution in [0.3, 0.4) is 0 Å². The molecule has 1 amide bonds. The summed E-state index contributed by atoms with van der Waals surface area (Å²) < 4.78 is 1.71. The van der Waals surface area contributed by atoms with Crippen LogP contribution in [-0.4, -0.2) is 44.1 Å². The molecule has 1 aromatic heterocycles. The van der Waals surface area contributed by atoms with Gasteiger partial charge < -0.3 is 4.90 Å². The number of tetrazole rings is 1. The maximum Gasteiger partial charge on any atom is 0.240 e. The smallest absolute Gasteiger partial charge is 0.240 e. The summed E-state index contributed by atoms with van der Waals surface area (Å²) in [6.07, 6.45) is 2.13. The first kappa shape index (κ1) is 19.6. The Hall–Kier alpha value is -2.67. The van der Waals surface area contributed by atoms with E-state index in [0.717, 1.165) is 37.2 Å². The average Bonchev–Trinajstić information content (AvgIpc) is 3.44. The van der Waals surface area contributed by atoms with Crippen molar-refractivity contribution in [2.45, 2.75) is 43.0 Å². The van der Waals surface area contributed by atoms with E-state index in [1.807, 2.05) is 47.4 Å². The van der Waals surface area contributed by atoms with Crippen molar-refractivity contribution >= 4 is 17.7 Å². The van der Waals surface area contributed by atoms with Crippen LogP contribution in [0.5, 0.6) is 0 Å². The third-order valence-electron chi connectivity index (χ3n) is 5.21. The number of likely N-dealkylation sites (tertiary alicyclic amines) is 1. The lowest BCUT2D eigenvalue weighted by Crippen LogP contribution is -2.31. The number of carbonyl (C=O) groups is 1. The highest BCUT2D eigenvalue weighted by molar-refractivity contribution is 8.00. The molecule has 4 rings (SSSR count). The van der Waals surface area contributed by atoms with E-state index in [2.05, 4.69) is 41.5 Å². The number of amides is 1. The lowest BCUT2D eigenvalue weighted by Gasteiger charge is -2.22. The lowest BCUT2D eigenvalue weighted by atomic mass is 10.0. The molecule has 3 aromatic rings. The molecule has 6 nitrogen and oxygen atoms in total. The Kier molecular flexibility index (Phi) is 5.94. The molecular weight excluding hydrogens is 382 g/mol. The summed E-state index contributed by atoms with van der Waals surface area (Å²) in [5.74, 6) is 0.593. The van der Waals surface area contributed by atoms with E-state index in [1.165, 1.54) is 17.3 Å². The van der Waals surface area contributed by atoms with Gasteiger partial charge in [0.25, 0.3) is 0 Å². The lowest BCUT2D eigenvalue weighted by molar-refractivity contribution is -0.129. The van der Waals surface area contributed by atoms with Crippen molar-refractivity contribution in [3.8, 4) is 5.69 Å². The molecule has 1 fully saturated rings. The van der Waals surface area contributed by atoms with Crippen LogP contribution in [0, 0.1) is 0 Å². The Labute approximate surface area is 175 Å². The fraction of sp³-hybridized carbons (Fsp3) is 0.364. The second kappa shape index (κ2) is 8.78. The number of carbonyl (C=O) groups excluding carboxylic acids is 1. The zero-order valence-corrected chi connectivity index (χ0v) is 17.5. The number of thioether (sulfide) groups is 1. The first-order valence-corrected chi connectivity index (χ1v) is 10.9. The zero-order valence-electron chi connectivity index (χ0n) is 16.7. The molecule has 1 saturated heterocycles. The average molecular weight is 408 g/mol. The van der Waals surface area contributed by atoms with E-state index in [0.29, 0.717) is 11.1 Å². The number of hydrogen-bond donors (Lipinski definition) is 0. The molecule has 29 heavy (non-hydrogen) atoms. The monoisotopic (exact) mass is 407 g/mol. The second-order valence-electron chi connectivity index (χ2n) is 7.56. The molecule has 2 aromatic carbocycles. The van der Waals surface area contributed by atoms with Crippen LogP contribution >= 0.6 is 11.8 Å². The quantitative estimate of drug-likeness (QED) is 0.572. The highest BCUT2D eigenvalue weighted by Gasteiger charge is 2.30. The molecule has 0 saturated carbocycles. The molecule has 0 spiro atoms. The second-order valence-corrected chi connectivity index (χ2v) is 8.63. The van der Waals surface area contributed by atoms with Gasteiger partial charge >= 0.3 is 0 Å². The first-order chi connectivity index (χ1) is 14.1. The molecule has 150 valence electrons. The van der Waals surface area contributed by atoms with Gasteiger partial charge in [-0.2, -0.15) is 4.68 Å². The fourth-order valence-electron chi connectivity index (χ4n) is 3.51. The van der Waals surface area contributed by atoms with E-state index in [4.69, 9.17) is 0 Å². The van der Waals surface area contributed by atoms with Crippen molar-refractivity contribution in [2.24, 2.45) is 0 Å². The van der Waals surface area contributed by atoms with Gasteiger partial charge in [0.15, 0.2) is 0 Å². The van der Waals surface area contributed by atoms with Gasteiger partial charge in [-0.3, -0.25) is 4.79 Å². The van der Waals surface area contributed by atoms with Crippen molar-refractivity contribution in [1.29, 1.82) is 0 Å². The Morgan fingerprint density at radius 2 is 1.66 bits per heavy atom. The molecule has 1 aliphatic heterocycles. The number of hydrogen-bond acceptors (Lipinski definition) is 5. The summed E-state index contributed by atoms with van der Waals surface area (Å²) in [6.45, 7) is 5.98. The maximum absolute atomic E-state index is 13.3. The third-order valence-corrected chi connectivity index (χ3v) is 6.39. The van der Waals surface area contributed by atoms with Crippen LogP contribution in [0.1, 0.15) is 49.0 Å². The first-order valence-electron chi connectivity index (χ1n) is 10.0. The molecular formula is C22H25N5OS. The predicted octanol–water partition coefficient (Wildman–Crippen LogP) is 4.24. The number of aromatic nitrogens is 4. The Balaban J connectivity index is 1.63. The SMILES string of the molecule is CC(C)c1ccc(-n2nnnc2S[C@H](C(=O)N2CCCC2)c2ccccc2)cc1. The van der Waals surface area contributed by atoms with Crippen molar-refractivity contribution in [3.63, 3.8) is 0 Å². The molecule has 0 radical (unpaired) electrons. The summed E-state index contributed by atoms with van der Waals surface area (Å²) in [7, 11) is 0. The summed E-state index contributed by atoms with van der Waals surface area (Å²) in [6, 6.07) is 18.1. The van der Waals surface area contributed by atoms with Gasteiger partial charge in [0.05, 0.1) is 5.69 Å². The highest BCUT2D eigenvalue weighted by Crippen LogP contribution is 2.37. The molecule has 1 atom stereocenters. The van der Waals surface area contributed by atoms with Crippen molar-refractivity contribution in [1.82, 2.24) is 25.1 Å². The number of nitrogens with zero attached hydrogens (tertiary/aromatic N) is 5. The standard InChI is InChI=1S/C22H25N5OS/c1-16(2)17-10-12-19(13-11-17)27-22(23-24-25-27)29-20(18-8-4-3-5-9-18)21(28)26-14-6-7-15-26/h3-5,8-13,16,20H,6-7,14-15H2,1-2H3/t20-/m0/s1. The summed E-state index contributed by atoms with van der Waals surface area (Å²) in [5, 5.41) is 12.5. The number of benzene rings is 2. The van der Waals surface area contributed by atoms with Gasteiger partial charge in [0.2, 0.25) is 11.1 Å². The maximum atomic E-state index is 13.3. The van der Waals surface area contributed by atoms with Gasteiger partial charge in [-0.15, -0.1) is 5.10 Å². The molecule has 0 aliphatic carbocycles. The predicted molar refractivity (Wildman–Crippen MR) is 114 cm³/mol. The van der Waals surface area contributed by atoms with Crippen LogP contribution in [0.15, 0.2) is 59.8 Å². The summed E-state index contributed by atoms with van der Waals surface area (Å²) in [4.78, 5) is 15.2. The Morgan fingerprint density at radius 1 is 0.966 bits per heavy atom. The van der Waals surface area contributed by atoms with Crippen molar-refractivity contribution < 1.29 is 4.79 Å². The van der Waals surface area contributed by atoms with E-state index >= 15 is 0 Å². The fourth-order valence-corrected chi connectivity index (χ4v) is 4.59. The molecule has 1 aliphatic rings. The summed E-state index contributed by atoms with van der Waals surface area (Å²) >= 11 is 1.41. The molecule has 0 N–H and O–H groups in total. The third kappa shape index (κ3) is 4.34. The number of rotatable bonds is 6. The van der Waals surface area contributed by atoms with Gasteiger partial charge in [-0.1, -0.05) is 68.1 Å². The van der Waals surface area contributed by atoms with E-state index in [1.54, 1.807) is 4.68 Å². The molecule has 7 heteroatoms. The van der Waals surface area contributed by atoms with E-state index < -0.39 is 0 Å². The Bertz CT molecular complexity index is 949. The topological polar surface area (TPSA) is 63.9 Å². The van der Waals surface area contributed by atoms with Crippen LogP contribution in [0.2, 0.25) is 0 Å². The highest BCUT2D eigenvalue weighted by atomic mass is 32.2. The summed E-state index contributed by atoms with van der Waals surface area (Å²) in [5.41, 5.74) is 3.13. The van der Waals surface area contributed by atoms with Crippen molar-refractivity contribution in [2.75, 3.05) is 13.1 Å². The normalized spacial score (nSPS) is 15.1. The minimum absolute atomic E-state index is 0.128. The van der Waals surface area contributed by atoms with Crippen LogP contribution in [0.25, 0.3) is 5.69 Å². The van der Waals surface area contributed by atoms with Gasteiger partial charge in [0, 0.05) is 13.1 Å². The van der Waals surface area contributed by atoms with Crippen molar-refractivity contribution in [3.05, 3.63) is 65.7 Å². The van der Waals surface area contributed by atoms with Crippen LogP contribution in [-0.2, 0) is 4.79 Å². The van der Waals surface area contributed by atoms with Gasteiger partial charge in [-0.05, 0) is 52.4 Å². The molecule has 0 unspecified atom stereocenters. The largest absolute Gasteiger partial charge is 0.341 e. The molecule has 0 bridgehead atoms. The Morgan fingerprint density at radius 3 is 2.31 bits per heavy atom. The minimum atomic E-state index is -0.367. The van der Waals surface area contributed by atoms with Crippen LogP contribution in [0.4, 0.5) is 0 Å². The van der Waals surface area contributed by atoms with E-state index in [-0.39, 0.29) is 11.2 Å². The van der Waals surface area contributed by atoms with Crippen LogP contribution < -0.4 is 0 Å².